The molecule has 3 heteroatoms. The van der Waals surface area contributed by atoms with E-state index in [0.29, 0.717) is 0 Å². The van der Waals surface area contributed by atoms with Gasteiger partial charge in [0.1, 0.15) is 5.82 Å². The first-order valence-electron chi connectivity index (χ1n) is 2.40. The second-order valence-corrected chi connectivity index (χ2v) is 2.75. The Morgan fingerprint density at radius 2 is 2.11 bits per heavy atom. The van der Waals surface area contributed by atoms with Crippen LogP contribution in [0.5, 0.6) is 0 Å². The van der Waals surface area contributed by atoms with Gasteiger partial charge in [-0.2, -0.15) is 0 Å². The summed E-state index contributed by atoms with van der Waals surface area (Å²) in [4.78, 5) is 0. The first-order chi connectivity index (χ1) is 4.20. The van der Waals surface area contributed by atoms with E-state index in [1.807, 2.05) is 0 Å². The zero-order chi connectivity index (χ0) is 6.85. The number of benzene rings is 1. The first-order valence-corrected chi connectivity index (χ1v) is 3.36. The molecule has 0 saturated heterocycles. The van der Waals surface area contributed by atoms with Gasteiger partial charge in [-0.25, -0.2) is 4.39 Å². The van der Waals surface area contributed by atoms with Crippen LogP contribution in [0, 0.1) is 5.82 Å². The highest BCUT2D eigenvalue weighted by Gasteiger charge is 1.95. The van der Waals surface area contributed by atoms with Gasteiger partial charge in [0.2, 0.25) is 0 Å². The van der Waals surface area contributed by atoms with Crippen LogP contribution in [-0.2, 0) is 0 Å². The van der Waals surface area contributed by atoms with Crippen LogP contribution in [-0.4, -0.2) is 0 Å². The van der Waals surface area contributed by atoms with Gasteiger partial charge in [0.05, 0.1) is 5.02 Å². The maximum Gasteiger partial charge on any atom is 0.142 e. The molecule has 1 aromatic carbocycles. The van der Waals surface area contributed by atoms with E-state index >= 15 is 0 Å². The molecule has 1 atom stereocenters. The van der Waals surface area contributed by atoms with Crippen LogP contribution in [0.25, 0.3) is 0 Å². The number of rotatable bonds is 0. The maximum absolute atomic E-state index is 12.4. The highest BCUT2D eigenvalue weighted by atomic mass is 35.5. The summed E-state index contributed by atoms with van der Waals surface area (Å²) >= 11 is 5.40. The lowest BCUT2D eigenvalue weighted by atomic mass is 10.3. The SMILES string of the molecule is Fc1cc(P)ccc1Cl. The summed E-state index contributed by atoms with van der Waals surface area (Å²) in [6.45, 7) is 0. The van der Waals surface area contributed by atoms with Crippen molar-refractivity contribution in [2.45, 2.75) is 0 Å². The van der Waals surface area contributed by atoms with Gasteiger partial charge in [0.15, 0.2) is 0 Å². The third-order valence-electron chi connectivity index (χ3n) is 0.944. The fourth-order valence-corrected chi connectivity index (χ4v) is 0.872. The van der Waals surface area contributed by atoms with Crippen LogP contribution in [0.2, 0.25) is 5.02 Å². The predicted molar refractivity (Wildman–Crippen MR) is 40.8 cm³/mol. The van der Waals surface area contributed by atoms with E-state index in [-0.39, 0.29) is 10.8 Å². The third-order valence-corrected chi connectivity index (χ3v) is 1.61. The number of hydrogen-bond acceptors (Lipinski definition) is 0. The van der Waals surface area contributed by atoms with Crippen molar-refractivity contribution in [2.24, 2.45) is 0 Å². The monoisotopic (exact) mass is 162 g/mol. The molecule has 0 bridgehead atoms. The summed E-state index contributed by atoms with van der Waals surface area (Å²) in [6.07, 6.45) is 0. The van der Waals surface area contributed by atoms with Gasteiger partial charge in [-0.1, -0.05) is 17.7 Å². The third kappa shape index (κ3) is 1.64. The van der Waals surface area contributed by atoms with Crippen molar-refractivity contribution in [3.05, 3.63) is 29.0 Å². The van der Waals surface area contributed by atoms with Crippen LogP contribution < -0.4 is 5.30 Å². The zero-order valence-electron chi connectivity index (χ0n) is 4.57. The molecule has 0 N–H and O–H groups in total. The van der Waals surface area contributed by atoms with Gasteiger partial charge in [-0.3, -0.25) is 0 Å². The molecule has 0 saturated carbocycles. The average molecular weight is 163 g/mol. The van der Waals surface area contributed by atoms with Crippen LogP contribution in [0.4, 0.5) is 4.39 Å². The van der Waals surface area contributed by atoms with Crippen LogP contribution in [0.15, 0.2) is 18.2 Å². The summed E-state index contributed by atoms with van der Waals surface area (Å²) in [6, 6.07) is 4.63. The van der Waals surface area contributed by atoms with E-state index in [9.17, 15) is 4.39 Å². The van der Waals surface area contributed by atoms with Crippen LogP contribution >= 0.6 is 20.8 Å². The standard InChI is InChI=1S/C6H5ClFP/c7-5-2-1-4(9)3-6(5)8/h1-3H,9H2. The Kier molecular flexibility index (Phi) is 2.05. The Balaban J connectivity index is 3.17. The summed E-state index contributed by atoms with van der Waals surface area (Å²) in [5.41, 5.74) is 0. The molecule has 0 fully saturated rings. The van der Waals surface area contributed by atoms with Crippen LogP contribution in [0.1, 0.15) is 0 Å². The topological polar surface area (TPSA) is 0 Å². The lowest BCUT2D eigenvalue weighted by molar-refractivity contribution is 0.629. The minimum atomic E-state index is -0.371. The molecule has 1 unspecified atom stereocenters. The van der Waals surface area contributed by atoms with Gasteiger partial charge < -0.3 is 0 Å². The molecule has 0 aromatic heterocycles. The largest absolute Gasteiger partial charge is 0.205 e. The van der Waals surface area contributed by atoms with Gasteiger partial charge in [-0.15, -0.1) is 9.24 Å². The first kappa shape index (κ1) is 6.98. The number of halogens is 2. The molecule has 0 aliphatic heterocycles. The van der Waals surface area contributed by atoms with E-state index < -0.39 is 0 Å². The second kappa shape index (κ2) is 2.64. The molecule has 48 valence electrons. The van der Waals surface area contributed by atoms with E-state index in [1.54, 1.807) is 6.07 Å². The Morgan fingerprint density at radius 1 is 1.44 bits per heavy atom. The van der Waals surface area contributed by atoms with Gasteiger partial charge >= 0.3 is 0 Å². The molecule has 1 rings (SSSR count). The van der Waals surface area contributed by atoms with E-state index in [1.165, 1.54) is 12.1 Å². The number of hydrogen-bond donors (Lipinski definition) is 0. The highest BCUT2D eigenvalue weighted by molar-refractivity contribution is 7.27. The molecule has 0 aliphatic carbocycles. The van der Waals surface area contributed by atoms with Crippen molar-refractivity contribution < 1.29 is 4.39 Å². The smallest absolute Gasteiger partial charge is 0.142 e. The highest BCUT2D eigenvalue weighted by Crippen LogP contribution is 2.11. The fourth-order valence-electron chi connectivity index (χ4n) is 0.512. The molecule has 0 radical (unpaired) electrons. The maximum atomic E-state index is 12.4. The van der Waals surface area contributed by atoms with E-state index in [0.717, 1.165) is 5.30 Å². The normalized spacial score (nSPS) is 9.67. The minimum Gasteiger partial charge on any atom is -0.205 e. The second-order valence-electron chi connectivity index (χ2n) is 1.67. The lowest BCUT2D eigenvalue weighted by Crippen LogP contribution is -1.90. The van der Waals surface area contributed by atoms with Crippen molar-refractivity contribution in [1.82, 2.24) is 0 Å². The molecule has 1 aromatic rings. The summed E-state index contributed by atoms with van der Waals surface area (Å²) in [5.74, 6) is -0.371. The van der Waals surface area contributed by atoms with Gasteiger partial charge in [0.25, 0.3) is 0 Å². The molecule has 0 spiro atoms. The zero-order valence-corrected chi connectivity index (χ0v) is 6.48. The van der Waals surface area contributed by atoms with Crippen molar-refractivity contribution in [1.29, 1.82) is 0 Å². The average Bonchev–Trinajstić information content (AvgIpc) is 1.80. The van der Waals surface area contributed by atoms with Crippen molar-refractivity contribution >= 4 is 26.1 Å². The summed E-state index contributed by atoms with van der Waals surface area (Å²) in [5, 5.41) is 0.970. The van der Waals surface area contributed by atoms with E-state index in [2.05, 4.69) is 9.24 Å². The predicted octanol–water partition coefficient (Wildman–Crippen LogP) is 1.98. The quantitative estimate of drug-likeness (QED) is 0.512. The molecule has 0 nitrogen and oxygen atoms in total. The van der Waals surface area contributed by atoms with E-state index in [4.69, 9.17) is 11.6 Å². The van der Waals surface area contributed by atoms with Gasteiger partial charge in [-0.05, 0) is 17.4 Å². The van der Waals surface area contributed by atoms with Crippen molar-refractivity contribution in [2.75, 3.05) is 0 Å². The summed E-state index contributed by atoms with van der Waals surface area (Å²) < 4.78 is 12.4. The Hall–Kier alpha value is -0.130. The molecule has 0 amide bonds. The van der Waals surface area contributed by atoms with Crippen LogP contribution in [0.3, 0.4) is 0 Å². The van der Waals surface area contributed by atoms with Crippen molar-refractivity contribution in [3.8, 4) is 0 Å². The Morgan fingerprint density at radius 3 is 2.56 bits per heavy atom. The fraction of sp³-hybridized carbons (Fsp3) is 0. The Labute approximate surface area is 60.2 Å². The molecule has 0 aliphatic rings. The van der Waals surface area contributed by atoms with Gasteiger partial charge in [0, 0.05) is 0 Å². The van der Waals surface area contributed by atoms with Crippen molar-refractivity contribution in [3.63, 3.8) is 0 Å². The minimum absolute atomic E-state index is 0.168. The molecule has 9 heavy (non-hydrogen) atoms. The lowest BCUT2D eigenvalue weighted by Gasteiger charge is -1.92. The molecule has 0 heterocycles. The molecular weight excluding hydrogens is 157 g/mol. The Bertz CT molecular complexity index is 224. The molecular formula is C6H5ClFP. The summed E-state index contributed by atoms with van der Waals surface area (Å²) in [7, 11) is 2.39.